The first-order valence-electron chi connectivity index (χ1n) is 7.46. The van der Waals surface area contributed by atoms with Gasteiger partial charge >= 0.3 is 0 Å². The Bertz CT molecular complexity index is 661. The summed E-state index contributed by atoms with van der Waals surface area (Å²) in [5.41, 5.74) is 1.10. The second-order valence-corrected chi connectivity index (χ2v) is 5.48. The number of nitrogens with one attached hydrogen (secondary N) is 2. The van der Waals surface area contributed by atoms with E-state index in [0.717, 1.165) is 13.0 Å². The summed E-state index contributed by atoms with van der Waals surface area (Å²) in [5.74, 6) is 0.0229. The molecule has 0 bridgehead atoms. The number of carbonyl (C=O) groups excluding carboxylic acids is 1. The zero-order valence-electron chi connectivity index (χ0n) is 13.3. The molecule has 1 heterocycles. The normalized spacial score (nSPS) is 10.6. The predicted octanol–water partition coefficient (Wildman–Crippen LogP) is 2.65. The second kappa shape index (κ2) is 8.24. The van der Waals surface area contributed by atoms with Crippen LogP contribution in [0.1, 0.15) is 16.8 Å². The van der Waals surface area contributed by atoms with Crippen LogP contribution >= 0.6 is 0 Å². The summed E-state index contributed by atoms with van der Waals surface area (Å²) in [6, 6.07) is 9.38. The van der Waals surface area contributed by atoms with E-state index in [-0.39, 0.29) is 11.7 Å². The number of hydrogen-bond donors (Lipinski definition) is 2. The van der Waals surface area contributed by atoms with E-state index in [0.29, 0.717) is 23.6 Å². The molecule has 122 valence electrons. The molecule has 1 aromatic heterocycles. The Hall–Kier alpha value is -2.47. The van der Waals surface area contributed by atoms with Gasteiger partial charge in [0.25, 0.3) is 5.91 Å². The highest BCUT2D eigenvalue weighted by Gasteiger charge is 2.07. The molecule has 0 spiro atoms. The van der Waals surface area contributed by atoms with Crippen LogP contribution in [-0.4, -0.2) is 43.0 Å². The van der Waals surface area contributed by atoms with Gasteiger partial charge in [0.05, 0.1) is 0 Å². The second-order valence-electron chi connectivity index (χ2n) is 5.48. The van der Waals surface area contributed by atoms with Gasteiger partial charge in [0, 0.05) is 24.0 Å². The van der Waals surface area contributed by atoms with Gasteiger partial charge < -0.3 is 15.5 Å². The number of carbonyl (C=O) groups is 1. The number of nitrogens with zero attached hydrogens (tertiary/aromatic N) is 2. The van der Waals surface area contributed by atoms with Crippen molar-refractivity contribution in [3.05, 3.63) is 54.0 Å². The number of hydrogen-bond acceptors (Lipinski definition) is 4. The molecular formula is C17H21FN4O. The van der Waals surface area contributed by atoms with Gasteiger partial charge in [0.15, 0.2) is 0 Å². The van der Waals surface area contributed by atoms with Crippen LogP contribution in [0.25, 0.3) is 0 Å². The first-order valence-corrected chi connectivity index (χ1v) is 7.46. The summed E-state index contributed by atoms with van der Waals surface area (Å²) in [4.78, 5) is 18.3. The van der Waals surface area contributed by atoms with Crippen molar-refractivity contribution >= 4 is 17.4 Å². The number of rotatable bonds is 7. The van der Waals surface area contributed by atoms with Crippen LogP contribution < -0.4 is 10.6 Å². The third-order valence-electron chi connectivity index (χ3n) is 3.19. The number of benzene rings is 1. The zero-order valence-corrected chi connectivity index (χ0v) is 13.3. The first kappa shape index (κ1) is 16.9. The van der Waals surface area contributed by atoms with E-state index in [4.69, 9.17) is 0 Å². The van der Waals surface area contributed by atoms with Crippen LogP contribution in [0.15, 0.2) is 42.6 Å². The van der Waals surface area contributed by atoms with Gasteiger partial charge in [-0.05, 0) is 57.4 Å². The molecule has 0 saturated heterocycles. The average Bonchev–Trinajstić information content (AvgIpc) is 2.51. The fourth-order valence-electron chi connectivity index (χ4n) is 2.05. The Kier molecular flexibility index (Phi) is 6.05. The highest BCUT2D eigenvalue weighted by Crippen LogP contribution is 2.16. The summed E-state index contributed by atoms with van der Waals surface area (Å²) in [6.07, 6.45) is 2.44. The predicted molar refractivity (Wildman–Crippen MR) is 89.4 cm³/mol. The fraction of sp³-hybridized carbons (Fsp3) is 0.294. The lowest BCUT2D eigenvalue weighted by Gasteiger charge is -2.10. The number of aromatic nitrogens is 1. The lowest BCUT2D eigenvalue weighted by atomic mass is 10.2. The largest absolute Gasteiger partial charge is 0.352 e. The SMILES string of the molecule is CN(C)CCCNC(=O)c1ccnc(Nc2cccc(F)c2)c1. The molecule has 0 radical (unpaired) electrons. The number of halogens is 1. The smallest absolute Gasteiger partial charge is 0.251 e. The van der Waals surface area contributed by atoms with E-state index in [1.165, 1.54) is 12.1 Å². The number of amides is 1. The molecule has 2 N–H and O–H groups in total. The molecule has 23 heavy (non-hydrogen) atoms. The molecule has 0 atom stereocenters. The van der Waals surface area contributed by atoms with E-state index in [9.17, 15) is 9.18 Å². The van der Waals surface area contributed by atoms with Crippen LogP contribution in [0.5, 0.6) is 0 Å². The van der Waals surface area contributed by atoms with E-state index < -0.39 is 0 Å². The van der Waals surface area contributed by atoms with Crippen LogP contribution in [0, 0.1) is 5.82 Å². The molecule has 2 rings (SSSR count). The summed E-state index contributed by atoms with van der Waals surface area (Å²) < 4.78 is 13.2. The molecule has 1 amide bonds. The standard InChI is InChI=1S/C17H21FN4O/c1-22(2)10-4-8-20-17(23)13-7-9-19-16(11-13)21-15-6-3-5-14(18)12-15/h3,5-7,9,11-12H,4,8,10H2,1-2H3,(H,19,21)(H,20,23). The van der Waals surface area contributed by atoms with E-state index in [1.54, 1.807) is 30.5 Å². The van der Waals surface area contributed by atoms with Gasteiger partial charge in [0.2, 0.25) is 0 Å². The highest BCUT2D eigenvalue weighted by atomic mass is 19.1. The lowest BCUT2D eigenvalue weighted by Crippen LogP contribution is -2.27. The van der Waals surface area contributed by atoms with E-state index >= 15 is 0 Å². The van der Waals surface area contributed by atoms with Gasteiger partial charge in [-0.2, -0.15) is 0 Å². The van der Waals surface area contributed by atoms with Gasteiger partial charge in [-0.15, -0.1) is 0 Å². The third kappa shape index (κ3) is 5.67. The van der Waals surface area contributed by atoms with Crippen LogP contribution in [0.2, 0.25) is 0 Å². The third-order valence-corrected chi connectivity index (χ3v) is 3.19. The zero-order chi connectivity index (χ0) is 16.7. The Labute approximate surface area is 135 Å². The van der Waals surface area contributed by atoms with Crippen molar-refractivity contribution in [3.63, 3.8) is 0 Å². The van der Waals surface area contributed by atoms with Gasteiger partial charge in [0.1, 0.15) is 11.6 Å². The van der Waals surface area contributed by atoms with E-state index in [1.807, 2.05) is 14.1 Å². The summed E-state index contributed by atoms with van der Waals surface area (Å²) >= 11 is 0. The van der Waals surface area contributed by atoms with Crippen LogP contribution in [0.3, 0.4) is 0 Å². The van der Waals surface area contributed by atoms with Crippen molar-refractivity contribution in [2.24, 2.45) is 0 Å². The molecule has 0 unspecified atom stereocenters. The maximum Gasteiger partial charge on any atom is 0.251 e. The quantitative estimate of drug-likeness (QED) is 0.771. The molecule has 0 aliphatic heterocycles. The Morgan fingerprint density at radius 1 is 1.26 bits per heavy atom. The molecule has 0 aliphatic carbocycles. The summed E-state index contributed by atoms with van der Waals surface area (Å²) in [7, 11) is 3.99. The average molecular weight is 316 g/mol. The Morgan fingerprint density at radius 3 is 2.83 bits per heavy atom. The fourth-order valence-corrected chi connectivity index (χ4v) is 2.05. The molecule has 1 aromatic carbocycles. The van der Waals surface area contributed by atoms with Crippen molar-refractivity contribution in [2.45, 2.75) is 6.42 Å². The van der Waals surface area contributed by atoms with Crippen LogP contribution in [0.4, 0.5) is 15.9 Å². The summed E-state index contributed by atoms with van der Waals surface area (Å²) in [6.45, 7) is 1.54. The molecule has 2 aromatic rings. The molecule has 0 saturated carbocycles. The topological polar surface area (TPSA) is 57.3 Å². The van der Waals surface area contributed by atoms with Crippen molar-refractivity contribution in [1.29, 1.82) is 0 Å². The minimum absolute atomic E-state index is 0.145. The number of pyridine rings is 1. The van der Waals surface area contributed by atoms with Gasteiger partial charge in [-0.25, -0.2) is 9.37 Å². The van der Waals surface area contributed by atoms with Gasteiger partial charge in [-0.3, -0.25) is 4.79 Å². The van der Waals surface area contributed by atoms with Crippen molar-refractivity contribution in [1.82, 2.24) is 15.2 Å². The minimum Gasteiger partial charge on any atom is -0.352 e. The highest BCUT2D eigenvalue weighted by molar-refractivity contribution is 5.94. The van der Waals surface area contributed by atoms with E-state index in [2.05, 4.69) is 20.5 Å². The first-order chi connectivity index (χ1) is 11.0. The van der Waals surface area contributed by atoms with Gasteiger partial charge in [-0.1, -0.05) is 6.07 Å². The maximum absolute atomic E-state index is 13.2. The molecule has 0 fully saturated rings. The molecule has 0 aliphatic rings. The molecule has 6 heteroatoms. The monoisotopic (exact) mass is 316 g/mol. The number of anilines is 2. The molecule has 5 nitrogen and oxygen atoms in total. The Morgan fingerprint density at radius 2 is 2.09 bits per heavy atom. The minimum atomic E-state index is -0.329. The maximum atomic E-state index is 13.2. The summed E-state index contributed by atoms with van der Waals surface area (Å²) in [5, 5.41) is 5.86. The molecular weight excluding hydrogens is 295 g/mol. The van der Waals surface area contributed by atoms with Crippen molar-refractivity contribution in [3.8, 4) is 0 Å². The van der Waals surface area contributed by atoms with Crippen molar-refractivity contribution in [2.75, 3.05) is 32.5 Å². The van der Waals surface area contributed by atoms with Crippen LogP contribution in [-0.2, 0) is 0 Å². The lowest BCUT2D eigenvalue weighted by molar-refractivity contribution is 0.0952. The van der Waals surface area contributed by atoms with Crippen molar-refractivity contribution < 1.29 is 9.18 Å². The Balaban J connectivity index is 1.95.